The molecule has 3 heterocycles. The molecule has 0 saturated heterocycles. The maximum Gasteiger partial charge on any atom is 0.268 e. The summed E-state index contributed by atoms with van der Waals surface area (Å²) in [6.07, 6.45) is -2.69. The Kier molecular flexibility index (Phi) is 5.93. The van der Waals surface area contributed by atoms with Crippen molar-refractivity contribution in [2.24, 2.45) is 0 Å². The Morgan fingerprint density at radius 1 is 1.07 bits per heavy atom. The van der Waals surface area contributed by atoms with E-state index in [4.69, 9.17) is 0 Å². The summed E-state index contributed by atoms with van der Waals surface area (Å²) in [6.45, 7) is 2.47. The van der Waals surface area contributed by atoms with Crippen LogP contribution in [-0.4, -0.2) is 29.0 Å². The SMILES string of the molecule is CC(C=O)(NCc1ccc(-c2ccc(-c3cccs3)s2)s1)C(C)(O)C(F)F. The zero-order valence-corrected chi connectivity index (χ0v) is 17.2. The number of carbonyl (C=O) groups excluding carboxylic acids is 1. The molecule has 3 rings (SSSR count). The number of halogens is 2. The predicted molar refractivity (Wildman–Crippen MR) is 109 cm³/mol. The van der Waals surface area contributed by atoms with Crippen molar-refractivity contribution in [3.05, 3.63) is 46.7 Å². The lowest BCUT2D eigenvalue weighted by Gasteiger charge is -2.38. The van der Waals surface area contributed by atoms with E-state index in [-0.39, 0.29) is 6.54 Å². The number of alkyl halides is 2. The van der Waals surface area contributed by atoms with Gasteiger partial charge in [-0.15, -0.1) is 34.0 Å². The lowest BCUT2D eigenvalue weighted by Crippen LogP contribution is -2.63. The van der Waals surface area contributed by atoms with Crippen molar-refractivity contribution in [2.45, 2.75) is 38.0 Å². The van der Waals surface area contributed by atoms with Gasteiger partial charge in [-0.25, -0.2) is 8.78 Å². The van der Waals surface area contributed by atoms with Crippen LogP contribution in [0, 0.1) is 0 Å². The van der Waals surface area contributed by atoms with E-state index in [1.807, 2.05) is 23.6 Å². The molecule has 0 aromatic carbocycles. The largest absolute Gasteiger partial charge is 0.382 e. The van der Waals surface area contributed by atoms with Gasteiger partial charge in [0.1, 0.15) is 17.4 Å². The minimum Gasteiger partial charge on any atom is -0.382 e. The second-order valence-corrected chi connectivity index (χ2v) is 9.73. The summed E-state index contributed by atoms with van der Waals surface area (Å²) in [4.78, 5) is 16.9. The minimum absolute atomic E-state index is 0.214. The fraction of sp³-hybridized carbons (Fsp3) is 0.316. The van der Waals surface area contributed by atoms with Gasteiger partial charge in [-0.3, -0.25) is 5.32 Å². The number of rotatable bonds is 8. The van der Waals surface area contributed by atoms with Crippen LogP contribution in [0.1, 0.15) is 18.7 Å². The molecule has 8 heteroatoms. The molecule has 0 aliphatic heterocycles. The summed E-state index contributed by atoms with van der Waals surface area (Å²) in [5.41, 5.74) is -4.21. The highest BCUT2D eigenvalue weighted by Crippen LogP contribution is 2.39. The number of thiophene rings is 3. The van der Waals surface area contributed by atoms with Crippen molar-refractivity contribution in [3.63, 3.8) is 0 Å². The Hall–Kier alpha value is -1.45. The third-order valence-electron chi connectivity index (χ3n) is 4.62. The van der Waals surface area contributed by atoms with Gasteiger partial charge in [-0.1, -0.05) is 6.07 Å². The topological polar surface area (TPSA) is 49.3 Å². The Balaban J connectivity index is 1.72. The number of hydrogen-bond acceptors (Lipinski definition) is 6. The molecular formula is C19H19F2NO2S3. The monoisotopic (exact) mass is 427 g/mol. The number of hydrogen-bond donors (Lipinski definition) is 2. The molecule has 0 aliphatic carbocycles. The third kappa shape index (κ3) is 4.05. The van der Waals surface area contributed by atoms with E-state index in [2.05, 4.69) is 23.5 Å². The van der Waals surface area contributed by atoms with E-state index in [1.165, 1.54) is 28.0 Å². The first-order chi connectivity index (χ1) is 12.8. The minimum atomic E-state index is -3.04. The number of nitrogens with one attached hydrogen (secondary N) is 1. The van der Waals surface area contributed by atoms with Crippen molar-refractivity contribution in [1.82, 2.24) is 5.32 Å². The molecule has 3 nitrogen and oxygen atoms in total. The van der Waals surface area contributed by atoms with Crippen molar-refractivity contribution >= 4 is 40.3 Å². The number of aldehydes is 1. The fourth-order valence-electron chi connectivity index (χ4n) is 2.46. The highest BCUT2D eigenvalue weighted by Gasteiger charge is 2.50. The average molecular weight is 428 g/mol. The molecule has 0 spiro atoms. The summed E-state index contributed by atoms with van der Waals surface area (Å²) >= 11 is 4.92. The molecule has 27 heavy (non-hydrogen) atoms. The Bertz CT molecular complexity index is 902. The van der Waals surface area contributed by atoms with Crippen molar-refractivity contribution in [3.8, 4) is 19.5 Å². The smallest absolute Gasteiger partial charge is 0.268 e. The van der Waals surface area contributed by atoms with E-state index in [0.29, 0.717) is 6.29 Å². The van der Waals surface area contributed by atoms with Crippen LogP contribution in [0.25, 0.3) is 19.5 Å². The number of aliphatic hydroxyl groups is 1. The lowest BCUT2D eigenvalue weighted by atomic mass is 9.84. The maximum atomic E-state index is 13.1. The van der Waals surface area contributed by atoms with Crippen LogP contribution in [-0.2, 0) is 11.3 Å². The van der Waals surface area contributed by atoms with Crippen molar-refractivity contribution in [1.29, 1.82) is 0 Å². The molecule has 3 aromatic heterocycles. The van der Waals surface area contributed by atoms with Gasteiger partial charge < -0.3 is 9.90 Å². The molecule has 0 bridgehead atoms. The van der Waals surface area contributed by atoms with Gasteiger partial charge in [0.25, 0.3) is 6.43 Å². The Morgan fingerprint density at radius 2 is 1.70 bits per heavy atom. The first-order valence-corrected chi connectivity index (χ1v) is 10.7. The third-order valence-corrected chi connectivity index (χ3v) is 8.05. The van der Waals surface area contributed by atoms with Crippen molar-refractivity contribution in [2.75, 3.05) is 0 Å². The van der Waals surface area contributed by atoms with Crippen LogP contribution < -0.4 is 5.32 Å². The van der Waals surface area contributed by atoms with Gasteiger partial charge in [0.05, 0.1) is 0 Å². The van der Waals surface area contributed by atoms with E-state index in [1.54, 1.807) is 22.7 Å². The zero-order valence-electron chi connectivity index (χ0n) is 14.7. The first kappa shape index (κ1) is 20.3. The van der Waals surface area contributed by atoms with Crippen LogP contribution >= 0.6 is 34.0 Å². The molecule has 0 radical (unpaired) electrons. The molecule has 2 unspecified atom stereocenters. The quantitative estimate of drug-likeness (QED) is 0.482. The van der Waals surface area contributed by atoms with Crippen LogP contribution in [0.4, 0.5) is 8.78 Å². The average Bonchev–Trinajstić information content (AvgIpc) is 3.39. The van der Waals surface area contributed by atoms with E-state index < -0.39 is 17.6 Å². The lowest BCUT2D eigenvalue weighted by molar-refractivity contribution is -0.149. The molecule has 0 amide bonds. The molecule has 144 valence electrons. The standard InChI is InChI=1S/C19H19F2NO2S3/c1-18(11-23,19(2,24)17(20)21)22-10-12-5-6-15(26-12)16-8-7-14(27-16)13-4-3-9-25-13/h3-9,11,17,22,24H,10H2,1-2H3. The van der Waals surface area contributed by atoms with Crippen LogP contribution in [0.5, 0.6) is 0 Å². The molecule has 2 N–H and O–H groups in total. The maximum absolute atomic E-state index is 13.1. The normalized spacial score (nSPS) is 16.2. The van der Waals surface area contributed by atoms with Crippen LogP contribution in [0.3, 0.4) is 0 Å². The molecule has 0 fully saturated rings. The van der Waals surface area contributed by atoms with Crippen molar-refractivity contribution < 1.29 is 18.7 Å². The fourth-order valence-corrected chi connectivity index (χ4v) is 5.34. The highest BCUT2D eigenvalue weighted by molar-refractivity contribution is 7.26. The molecular weight excluding hydrogens is 408 g/mol. The summed E-state index contributed by atoms with van der Waals surface area (Å²) in [5, 5.41) is 14.9. The van der Waals surface area contributed by atoms with Gasteiger partial charge in [0, 0.05) is 30.9 Å². The van der Waals surface area contributed by atoms with E-state index >= 15 is 0 Å². The summed E-state index contributed by atoms with van der Waals surface area (Å²) in [6, 6.07) is 12.1. The van der Waals surface area contributed by atoms with Gasteiger partial charge in [0.15, 0.2) is 0 Å². The molecule has 3 aromatic rings. The first-order valence-electron chi connectivity index (χ1n) is 8.21. The van der Waals surface area contributed by atoms with Crippen LogP contribution in [0.15, 0.2) is 41.8 Å². The van der Waals surface area contributed by atoms with E-state index in [9.17, 15) is 18.7 Å². The summed E-state index contributed by atoms with van der Waals surface area (Å²) < 4.78 is 26.2. The molecule has 2 atom stereocenters. The summed E-state index contributed by atoms with van der Waals surface area (Å²) in [5.74, 6) is 0. The second-order valence-electron chi connectivity index (χ2n) is 6.53. The van der Waals surface area contributed by atoms with Gasteiger partial charge in [-0.2, -0.15) is 0 Å². The predicted octanol–water partition coefficient (Wildman–Crippen LogP) is 5.27. The second kappa shape index (κ2) is 7.89. The molecule has 0 saturated carbocycles. The summed E-state index contributed by atoms with van der Waals surface area (Å²) in [7, 11) is 0. The van der Waals surface area contributed by atoms with Gasteiger partial charge in [0.2, 0.25) is 0 Å². The highest BCUT2D eigenvalue weighted by atomic mass is 32.1. The zero-order chi connectivity index (χ0) is 19.7. The van der Waals surface area contributed by atoms with Gasteiger partial charge >= 0.3 is 0 Å². The molecule has 0 aliphatic rings. The Morgan fingerprint density at radius 3 is 2.30 bits per heavy atom. The number of carbonyl (C=O) groups is 1. The van der Waals surface area contributed by atoms with E-state index in [0.717, 1.165) is 21.6 Å². The van der Waals surface area contributed by atoms with Crippen LogP contribution in [0.2, 0.25) is 0 Å². The Labute approximate surface area is 168 Å². The van der Waals surface area contributed by atoms with Gasteiger partial charge in [-0.05, 0) is 49.6 Å².